The summed E-state index contributed by atoms with van der Waals surface area (Å²) in [5.74, 6) is -0.123. The number of carbonyl (C=O) groups is 2. The molecule has 7 nitrogen and oxygen atoms in total. The van der Waals surface area contributed by atoms with Crippen molar-refractivity contribution in [2.75, 3.05) is 28.6 Å². The van der Waals surface area contributed by atoms with Crippen LogP contribution < -0.4 is 15.5 Å². The first kappa shape index (κ1) is 26.2. The Bertz CT molecular complexity index is 1440. The molecule has 0 spiro atoms. The highest BCUT2D eigenvalue weighted by Crippen LogP contribution is 2.32. The number of carbonyl (C=O) groups excluding carboxylic acids is 2. The number of rotatable bonds is 6. The summed E-state index contributed by atoms with van der Waals surface area (Å²) in [5, 5.41) is 15.3. The van der Waals surface area contributed by atoms with Gasteiger partial charge in [-0.15, -0.1) is 0 Å². The van der Waals surface area contributed by atoms with Crippen molar-refractivity contribution in [3.63, 3.8) is 0 Å². The van der Waals surface area contributed by atoms with Crippen LogP contribution in [0.2, 0.25) is 0 Å². The highest BCUT2D eigenvalue weighted by Gasteiger charge is 2.30. The van der Waals surface area contributed by atoms with Crippen molar-refractivity contribution in [2.45, 2.75) is 25.1 Å². The summed E-state index contributed by atoms with van der Waals surface area (Å²) in [5.41, 5.74) is 2.65. The van der Waals surface area contributed by atoms with Crippen LogP contribution in [-0.4, -0.2) is 41.1 Å². The molecular formula is C29H25F3N4O3. The van der Waals surface area contributed by atoms with Crippen LogP contribution >= 0.6 is 0 Å². The van der Waals surface area contributed by atoms with Crippen LogP contribution in [0.3, 0.4) is 0 Å². The van der Waals surface area contributed by atoms with E-state index in [1.807, 2.05) is 12.1 Å². The van der Waals surface area contributed by atoms with Crippen LogP contribution in [0.4, 0.5) is 30.4 Å². The molecule has 1 saturated heterocycles. The highest BCUT2D eigenvalue weighted by molar-refractivity contribution is 6.03. The van der Waals surface area contributed by atoms with E-state index in [9.17, 15) is 27.9 Å². The van der Waals surface area contributed by atoms with Crippen LogP contribution in [-0.2, 0) is 22.2 Å². The van der Waals surface area contributed by atoms with Gasteiger partial charge in [-0.1, -0.05) is 30.4 Å². The largest absolute Gasteiger partial charge is 0.416 e. The first-order chi connectivity index (χ1) is 18.7. The Morgan fingerprint density at radius 3 is 2.46 bits per heavy atom. The second-order valence-corrected chi connectivity index (χ2v) is 9.29. The molecule has 0 radical (unpaired) electrons. The Labute approximate surface area is 222 Å². The molecule has 0 aliphatic carbocycles. The fourth-order valence-electron chi connectivity index (χ4n) is 4.42. The number of halogens is 3. The molecule has 0 bridgehead atoms. The summed E-state index contributed by atoms with van der Waals surface area (Å²) in [6.45, 7) is 1.86. The minimum absolute atomic E-state index is 0.0692. The molecule has 39 heavy (non-hydrogen) atoms. The van der Waals surface area contributed by atoms with Crippen LogP contribution in [0.5, 0.6) is 0 Å². The molecule has 1 unspecified atom stereocenters. The van der Waals surface area contributed by atoms with E-state index in [-0.39, 0.29) is 6.42 Å². The molecule has 2 aliphatic heterocycles. The molecule has 2 aromatic carbocycles. The van der Waals surface area contributed by atoms with Gasteiger partial charge in [0.2, 0.25) is 5.91 Å². The van der Waals surface area contributed by atoms with Gasteiger partial charge in [-0.2, -0.15) is 13.2 Å². The molecule has 1 fully saturated rings. The van der Waals surface area contributed by atoms with Gasteiger partial charge in [0.1, 0.15) is 11.9 Å². The van der Waals surface area contributed by atoms with Gasteiger partial charge in [0.15, 0.2) is 0 Å². The maximum atomic E-state index is 13.1. The Kier molecular flexibility index (Phi) is 7.21. The molecule has 1 atom stereocenters. The second kappa shape index (κ2) is 10.7. The molecule has 3 N–H and O–H groups in total. The lowest BCUT2D eigenvalue weighted by Crippen LogP contribution is -2.37. The van der Waals surface area contributed by atoms with Crippen molar-refractivity contribution in [3.05, 3.63) is 101 Å². The standard InChI is InChI=1S/C29H25F3N4O3/c30-29(31,32)20-11-8-18(9-12-20)21(19-10-13-26(33-17-19)36-14-3-15-36)4-1-7-27(38)34-23-5-2-6-24-22(23)16-25(37)28(39)35-24/h1-2,4-13,17,25,37H,3,14-16H2,(H,34,38)(H,35,39). The van der Waals surface area contributed by atoms with Gasteiger partial charge in [0.05, 0.1) is 5.56 Å². The van der Waals surface area contributed by atoms with Crippen molar-refractivity contribution < 1.29 is 27.9 Å². The Morgan fingerprint density at radius 2 is 1.82 bits per heavy atom. The monoisotopic (exact) mass is 534 g/mol. The number of hydrogen-bond acceptors (Lipinski definition) is 5. The third-order valence-corrected chi connectivity index (χ3v) is 6.66. The number of alkyl halides is 3. The molecule has 10 heteroatoms. The number of hydrogen-bond donors (Lipinski definition) is 3. The average molecular weight is 535 g/mol. The predicted molar refractivity (Wildman–Crippen MR) is 142 cm³/mol. The molecule has 2 aliphatic rings. The van der Waals surface area contributed by atoms with Crippen LogP contribution in [0.25, 0.3) is 5.57 Å². The zero-order valence-corrected chi connectivity index (χ0v) is 20.7. The fraction of sp³-hybridized carbons (Fsp3) is 0.207. The topological polar surface area (TPSA) is 94.6 Å². The van der Waals surface area contributed by atoms with Crippen LogP contribution in [0.15, 0.2) is 79.0 Å². The molecular weight excluding hydrogens is 509 g/mol. The first-order valence-electron chi connectivity index (χ1n) is 12.4. The van der Waals surface area contributed by atoms with Crippen molar-refractivity contribution in [2.24, 2.45) is 0 Å². The molecule has 3 aromatic rings. The maximum Gasteiger partial charge on any atom is 0.416 e. The number of nitrogens with zero attached hydrogens (tertiary/aromatic N) is 2. The molecule has 200 valence electrons. The number of amides is 2. The number of aromatic nitrogens is 1. The summed E-state index contributed by atoms with van der Waals surface area (Å²) >= 11 is 0. The van der Waals surface area contributed by atoms with Crippen molar-refractivity contribution in [1.29, 1.82) is 0 Å². The number of fused-ring (bicyclic) bond motifs is 1. The van der Waals surface area contributed by atoms with Crippen molar-refractivity contribution >= 4 is 34.6 Å². The quantitative estimate of drug-likeness (QED) is 0.312. The van der Waals surface area contributed by atoms with E-state index < -0.39 is 29.7 Å². The molecule has 0 saturated carbocycles. The minimum Gasteiger partial charge on any atom is -0.383 e. The van der Waals surface area contributed by atoms with Gasteiger partial charge in [-0.05, 0) is 54.0 Å². The van der Waals surface area contributed by atoms with Crippen LogP contribution in [0, 0.1) is 0 Å². The van der Waals surface area contributed by atoms with E-state index in [0.717, 1.165) is 37.5 Å². The van der Waals surface area contributed by atoms with E-state index in [1.54, 1.807) is 30.5 Å². The Hall–Kier alpha value is -4.44. The second-order valence-electron chi connectivity index (χ2n) is 9.29. The summed E-state index contributed by atoms with van der Waals surface area (Å²) in [6.07, 6.45) is 1.64. The summed E-state index contributed by atoms with van der Waals surface area (Å²) < 4.78 is 39.3. The first-order valence-corrected chi connectivity index (χ1v) is 12.4. The van der Waals surface area contributed by atoms with Crippen molar-refractivity contribution in [3.8, 4) is 0 Å². The number of aliphatic hydroxyl groups excluding tert-OH is 1. The molecule has 5 rings (SSSR count). The lowest BCUT2D eigenvalue weighted by atomic mass is 9.97. The third-order valence-electron chi connectivity index (χ3n) is 6.66. The summed E-state index contributed by atoms with van der Waals surface area (Å²) in [7, 11) is 0. The number of anilines is 3. The lowest BCUT2D eigenvalue weighted by molar-refractivity contribution is -0.137. The lowest BCUT2D eigenvalue weighted by Gasteiger charge is -2.32. The highest BCUT2D eigenvalue weighted by atomic mass is 19.4. The SMILES string of the molecule is O=C(C=CC=C(c1ccc(C(F)(F)F)cc1)c1ccc(N2CCC2)nc1)Nc1cccc2c1CC(O)C(=O)N2. The number of benzene rings is 2. The van der Waals surface area contributed by atoms with E-state index in [0.29, 0.717) is 33.6 Å². The molecule has 1 aromatic heterocycles. The molecule has 2 amide bonds. The maximum absolute atomic E-state index is 13.1. The predicted octanol–water partition coefficient (Wildman–Crippen LogP) is 4.79. The van der Waals surface area contributed by atoms with Gasteiger partial charge in [-0.3, -0.25) is 9.59 Å². The summed E-state index contributed by atoms with van der Waals surface area (Å²) in [4.78, 5) is 31.1. The van der Waals surface area contributed by atoms with Gasteiger partial charge in [0.25, 0.3) is 5.91 Å². The Morgan fingerprint density at radius 1 is 1.08 bits per heavy atom. The smallest absolute Gasteiger partial charge is 0.383 e. The third kappa shape index (κ3) is 5.85. The number of allylic oxidation sites excluding steroid dienone is 2. The zero-order chi connectivity index (χ0) is 27.6. The van der Waals surface area contributed by atoms with Crippen molar-refractivity contribution in [1.82, 2.24) is 4.98 Å². The van der Waals surface area contributed by atoms with E-state index in [1.165, 1.54) is 24.3 Å². The van der Waals surface area contributed by atoms with Crippen LogP contribution in [0.1, 0.15) is 28.7 Å². The number of nitrogens with one attached hydrogen (secondary N) is 2. The Balaban J connectivity index is 1.39. The molecule has 3 heterocycles. The number of aliphatic hydroxyl groups is 1. The van der Waals surface area contributed by atoms with E-state index >= 15 is 0 Å². The zero-order valence-electron chi connectivity index (χ0n) is 20.7. The average Bonchev–Trinajstić information content (AvgIpc) is 2.87. The number of pyridine rings is 1. The van der Waals surface area contributed by atoms with E-state index in [4.69, 9.17) is 0 Å². The fourth-order valence-corrected chi connectivity index (χ4v) is 4.42. The van der Waals surface area contributed by atoms with Gasteiger partial charge >= 0.3 is 6.18 Å². The van der Waals surface area contributed by atoms with Gasteiger partial charge in [0, 0.05) is 54.3 Å². The van der Waals surface area contributed by atoms with Gasteiger partial charge < -0.3 is 20.6 Å². The minimum atomic E-state index is -4.45. The summed E-state index contributed by atoms with van der Waals surface area (Å²) in [6, 6.07) is 13.6. The van der Waals surface area contributed by atoms with Gasteiger partial charge in [-0.25, -0.2) is 4.98 Å². The van der Waals surface area contributed by atoms with E-state index in [2.05, 4.69) is 20.5 Å². The normalized spacial score (nSPS) is 17.4.